The second-order valence-electron chi connectivity index (χ2n) is 6.37. The van der Waals surface area contributed by atoms with Gasteiger partial charge in [-0.15, -0.1) is 11.8 Å². The summed E-state index contributed by atoms with van der Waals surface area (Å²) in [5.74, 6) is -2.64. The Hall–Kier alpha value is -2.94. The van der Waals surface area contributed by atoms with Gasteiger partial charge in [0, 0.05) is 4.91 Å². The van der Waals surface area contributed by atoms with Crippen molar-refractivity contribution in [1.82, 2.24) is 9.80 Å². The van der Waals surface area contributed by atoms with Gasteiger partial charge in [-0.05, 0) is 26.0 Å². The number of hydrogen-bond donors (Lipinski definition) is 0. The van der Waals surface area contributed by atoms with Crippen molar-refractivity contribution in [3.63, 3.8) is 0 Å². The number of benzene rings is 1. The summed E-state index contributed by atoms with van der Waals surface area (Å²) < 4.78 is 4.91. The maximum Gasteiger partial charge on any atom is 0.356 e. The zero-order chi connectivity index (χ0) is 19.5. The minimum absolute atomic E-state index is 0.0594. The second-order valence-corrected chi connectivity index (χ2v) is 7.70. The lowest BCUT2D eigenvalue weighted by atomic mass is 10.0. The van der Waals surface area contributed by atoms with Crippen LogP contribution < -0.4 is 0 Å². The van der Waals surface area contributed by atoms with E-state index in [0.717, 1.165) is 4.90 Å². The van der Waals surface area contributed by atoms with Crippen LogP contribution in [0, 0.1) is 0 Å². The molecular formula is C18H14N2O6S. The first kappa shape index (κ1) is 17.5. The Labute approximate surface area is 158 Å². The summed E-state index contributed by atoms with van der Waals surface area (Å²) in [5, 5.41) is -0.570. The molecule has 0 unspecified atom stereocenters. The van der Waals surface area contributed by atoms with Crippen LogP contribution in [0.4, 0.5) is 0 Å². The fourth-order valence-corrected chi connectivity index (χ4v) is 4.72. The zero-order valence-corrected chi connectivity index (χ0v) is 15.2. The molecule has 0 spiro atoms. The lowest BCUT2D eigenvalue weighted by Gasteiger charge is -2.45. The van der Waals surface area contributed by atoms with Crippen molar-refractivity contribution in [2.45, 2.75) is 25.3 Å². The van der Waals surface area contributed by atoms with Crippen LogP contribution in [0.5, 0.6) is 0 Å². The maximum absolute atomic E-state index is 12.7. The van der Waals surface area contributed by atoms with E-state index in [-0.39, 0.29) is 29.2 Å². The van der Waals surface area contributed by atoms with E-state index in [4.69, 9.17) is 4.74 Å². The third-order valence-electron chi connectivity index (χ3n) is 4.59. The Bertz CT molecular complexity index is 933. The molecule has 3 heterocycles. The SMILES string of the molecule is CC(=O)COC(=O)C1=C(C)S[C@@H]2[C@H](N3C(=O)c4ccccc4C3=O)C(=O)N12. The summed E-state index contributed by atoms with van der Waals surface area (Å²) in [6.07, 6.45) is 0. The maximum atomic E-state index is 12.7. The standard InChI is InChI=1S/C18H14N2O6S/c1-8(21)7-26-18(25)12-9(2)27-17-13(16(24)20(12)17)19-14(22)10-5-3-4-6-11(10)15(19)23/h3-6,13,17H,7H2,1-2H3/t13-,17-/m1/s1. The Balaban J connectivity index is 1.57. The van der Waals surface area contributed by atoms with Gasteiger partial charge >= 0.3 is 5.97 Å². The van der Waals surface area contributed by atoms with Crippen molar-refractivity contribution >= 4 is 41.2 Å². The van der Waals surface area contributed by atoms with Gasteiger partial charge in [-0.2, -0.15) is 0 Å². The lowest BCUT2D eigenvalue weighted by Crippen LogP contribution is -2.68. The molecule has 0 saturated carbocycles. The zero-order valence-electron chi connectivity index (χ0n) is 14.4. The van der Waals surface area contributed by atoms with Crippen LogP contribution in [-0.4, -0.2) is 57.3 Å². The first-order chi connectivity index (χ1) is 12.8. The summed E-state index contributed by atoms with van der Waals surface area (Å²) in [6, 6.07) is 5.43. The third-order valence-corrected chi connectivity index (χ3v) is 5.85. The van der Waals surface area contributed by atoms with Gasteiger partial charge in [0.1, 0.15) is 23.7 Å². The van der Waals surface area contributed by atoms with Crippen molar-refractivity contribution < 1.29 is 28.7 Å². The number of ketones is 1. The highest BCUT2D eigenvalue weighted by Gasteiger charge is 2.61. The summed E-state index contributed by atoms with van der Waals surface area (Å²) in [4.78, 5) is 64.0. The van der Waals surface area contributed by atoms with Crippen molar-refractivity contribution in [2.24, 2.45) is 0 Å². The van der Waals surface area contributed by atoms with Crippen LogP contribution >= 0.6 is 11.8 Å². The predicted molar refractivity (Wildman–Crippen MR) is 93.3 cm³/mol. The smallest absolute Gasteiger partial charge is 0.356 e. The van der Waals surface area contributed by atoms with Crippen LogP contribution in [0.2, 0.25) is 0 Å². The molecule has 8 nitrogen and oxygen atoms in total. The molecule has 0 aliphatic carbocycles. The highest BCUT2D eigenvalue weighted by atomic mass is 32.2. The van der Waals surface area contributed by atoms with E-state index in [9.17, 15) is 24.0 Å². The largest absolute Gasteiger partial charge is 0.453 e. The van der Waals surface area contributed by atoms with Gasteiger partial charge in [0.2, 0.25) is 0 Å². The van der Waals surface area contributed by atoms with E-state index in [1.165, 1.54) is 23.6 Å². The van der Waals surface area contributed by atoms with E-state index < -0.39 is 35.1 Å². The molecule has 2 atom stereocenters. The van der Waals surface area contributed by atoms with Gasteiger partial charge in [0.15, 0.2) is 5.78 Å². The van der Waals surface area contributed by atoms with Gasteiger partial charge in [-0.25, -0.2) is 4.79 Å². The van der Waals surface area contributed by atoms with Crippen molar-refractivity contribution in [3.8, 4) is 0 Å². The van der Waals surface area contributed by atoms with Crippen LogP contribution in [0.3, 0.4) is 0 Å². The quantitative estimate of drug-likeness (QED) is 0.431. The molecule has 1 aromatic carbocycles. The molecule has 1 aromatic rings. The van der Waals surface area contributed by atoms with E-state index in [1.54, 1.807) is 31.2 Å². The monoisotopic (exact) mass is 386 g/mol. The number of fused-ring (bicyclic) bond motifs is 2. The fourth-order valence-electron chi connectivity index (χ4n) is 3.39. The highest BCUT2D eigenvalue weighted by Crippen LogP contribution is 2.49. The number of amides is 3. The van der Waals surface area contributed by atoms with Crippen molar-refractivity contribution in [2.75, 3.05) is 6.61 Å². The van der Waals surface area contributed by atoms with Gasteiger partial charge in [0.05, 0.1) is 11.1 Å². The molecule has 3 aliphatic heterocycles. The second kappa shape index (κ2) is 6.05. The van der Waals surface area contributed by atoms with Crippen molar-refractivity contribution in [3.05, 3.63) is 46.0 Å². The van der Waals surface area contributed by atoms with Crippen molar-refractivity contribution in [1.29, 1.82) is 0 Å². The number of nitrogens with zero attached hydrogens (tertiary/aromatic N) is 2. The Kier molecular flexibility index (Phi) is 3.92. The number of Topliss-reactive ketones (excluding diaryl/α,β-unsaturated/α-hetero) is 1. The number of esters is 1. The highest BCUT2D eigenvalue weighted by molar-refractivity contribution is 8.04. The number of hydrogen-bond acceptors (Lipinski definition) is 7. The predicted octanol–water partition coefficient (Wildman–Crippen LogP) is 0.930. The Morgan fingerprint density at radius 2 is 1.67 bits per heavy atom. The van der Waals surface area contributed by atoms with E-state index >= 15 is 0 Å². The number of β-lactam (4-membered cyclic amide) rings is 1. The minimum Gasteiger partial charge on any atom is -0.453 e. The molecule has 1 fully saturated rings. The van der Waals surface area contributed by atoms with Gasteiger partial charge < -0.3 is 4.74 Å². The molecule has 9 heteroatoms. The summed E-state index contributed by atoms with van der Waals surface area (Å²) >= 11 is 1.22. The van der Waals surface area contributed by atoms with Gasteiger partial charge in [0.25, 0.3) is 17.7 Å². The van der Waals surface area contributed by atoms with E-state index in [1.807, 2.05) is 0 Å². The molecule has 0 aromatic heterocycles. The van der Waals surface area contributed by atoms with Gasteiger partial charge in [-0.1, -0.05) is 12.1 Å². The first-order valence-electron chi connectivity index (χ1n) is 8.17. The molecule has 0 N–H and O–H groups in total. The third kappa shape index (κ3) is 2.42. The number of ether oxygens (including phenoxy) is 1. The van der Waals surface area contributed by atoms with Crippen LogP contribution in [-0.2, 0) is 19.1 Å². The molecular weight excluding hydrogens is 372 g/mol. The molecule has 27 heavy (non-hydrogen) atoms. The average molecular weight is 386 g/mol. The normalized spacial score (nSPS) is 23.4. The number of imide groups is 1. The topological polar surface area (TPSA) is 101 Å². The molecule has 0 bridgehead atoms. The van der Waals surface area contributed by atoms with Gasteiger partial charge in [-0.3, -0.25) is 29.0 Å². The summed E-state index contributed by atoms with van der Waals surface area (Å²) in [5.41, 5.74) is 0.592. The van der Waals surface area contributed by atoms with Crippen LogP contribution in [0.1, 0.15) is 34.6 Å². The summed E-state index contributed by atoms with van der Waals surface area (Å²) in [7, 11) is 0. The van der Waals surface area contributed by atoms with Crippen LogP contribution in [0.25, 0.3) is 0 Å². The molecule has 3 amide bonds. The summed E-state index contributed by atoms with van der Waals surface area (Å²) in [6.45, 7) is 2.56. The van der Waals surface area contributed by atoms with E-state index in [2.05, 4.69) is 0 Å². The first-order valence-corrected chi connectivity index (χ1v) is 9.05. The average Bonchev–Trinajstić information content (AvgIpc) is 3.07. The number of thioether (sulfide) groups is 1. The number of carbonyl (C=O) groups excluding carboxylic acids is 5. The number of rotatable bonds is 4. The number of carbonyl (C=O) groups is 5. The van der Waals surface area contributed by atoms with E-state index in [0.29, 0.717) is 4.91 Å². The molecule has 4 rings (SSSR count). The lowest BCUT2D eigenvalue weighted by molar-refractivity contribution is -0.154. The Morgan fingerprint density at radius 1 is 1.07 bits per heavy atom. The number of allylic oxidation sites excluding steroid dienone is 1. The molecule has 138 valence electrons. The van der Waals surface area contributed by atoms with Crippen LogP contribution in [0.15, 0.2) is 34.9 Å². The fraction of sp³-hybridized carbons (Fsp3) is 0.278. The minimum atomic E-state index is -0.976. The molecule has 0 radical (unpaired) electrons. The molecule has 3 aliphatic rings. The molecule has 1 saturated heterocycles. The Morgan fingerprint density at radius 3 is 2.22 bits per heavy atom.